The summed E-state index contributed by atoms with van der Waals surface area (Å²) >= 11 is 0. The van der Waals surface area contributed by atoms with Gasteiger partial charge < -0.3 is 13.3 Å². The second-order valence-corrected chi connectivity index (χ2v) is 8.69. The molecule has 0 radical (unpaired) electrons. The van der Waals surface area contributed by atoms with Gasteiger partial charge in [0.1, 0.15) is 0 Å². The van der Waals surface area contributed by atoms with Crippen LogP contribution in [0.2, 0.25) is 5.54 Å². The van der Waals surface area contributed by atoms with Gasteiger partial charge >= 0.3 is 8.80 Å². The van der Waals surface area contributed by atoms with Crippen molar-refractivity contribution in [1.82, 2.24) is 4.90 Å². The van der Waals surface area contributed by atoms with Crippen molar-refractivity contribution >= 4 is 8.80 Å². The molecule has 3 unspecified atom stereocenters. The molecule has 0 amide bonds. The molecule has 1 saturated carbocycles. The maximum Gasteiger partial charge on any atom is 0.504 e. The Morgan fingerprint density at radius 1 is 0.889 bits per heavy atom. The van der Waals surface area contributed by atoms with Crippen molar-refractivity contribution in [2.24, 2.45) is 11.8 Å². The van der Waals surface area contributed by atoms with Gasteiger partial charge in [-0.05, 0) is 24.7 Å². The fourth-order valence-corrected chi connectivity index (χ4v) is 7.30. The van der Waals surface area contributed by atoms with E-state index in [0.717, 1.165) is 45.4 Å². The SMILES string of the molecule is C1=CC2CC1CC2[Si]12OCCN(CCO1)CCO2. The second-order valence-electron chi connectivity index (χ2n) is 5.88. The lowest BCUT2D eigenvalue weighted by Gasteiger charge is -2.42. The van der Waals surface area contributed by atoms with Gasteiger partial charge in [-0.15, -0.1) is 0 Å². The zero-order valence-corrected chi connectivity index (χ0v) is 11.7. The number of fused-ring (bicyclic) bond motifs is 8. The molecular formula is C13H21NO3Si. The average molecular weight is 267 g/mol. The number of rotatable bonds is 1. The predicted octanol–water partition coefficient (Wildman–Crippen LogP) is 1.27. The van der Waals surface area contributed by atoms with Crippen molar-refractivity contribution in [1.29, 1.82) is 0 Å². The first-order valence-electron chi connectivity index (χ1n) is 7.18. The first-order valence-corrected chi connectivity index (χ1v) is 8.98. The highest BCUT2D eigenvalue weighted by molar-refractivity contribution is 6.62. The number of hydrogen-bond acceptors (Lipinski definition) is 4. The molecule has 4 bridgehead atoms. The van der Waals surface area contributed by atoms with Crippen molar-refractivity contribution in [3.05, 3.63) is 12.2 Å². The molecule has 4 nitrogen and oxygen atoms in total. The van der Waals surface area contributed by atoms with Crippen LogP contribution >= 0.6 is 0 Å². The van der Waals surface area contributed by atoms with Gasteiger partial charge in [0.15, 0.2) is 0 Å². The van der Waals surface area contributed by atoms with Crippen molar-refractivity contribution in [2.45, 2.75) is 18.4 Å². The van der Waals surface area contributed by atoms with E-state index in [1.165, 1.54) is 12.8 Å². The van der Waals surface area contributed by atoms with Gasteiger partial charge in [-0.2, -0.15) is 0 Å². The van der Waals surface area contributed by atoms with Crippen LogP contribution in [0.15, 0.2) is 12.2 Å². The monoisotopic (exact) mass is 267 g/mol. The molecule has 0 aromatic carbocycles. The van der Waals surface area contributed by atoms with Crippen LogP contribution in [-0.4, -0.2) is 53.2 Å². The largest absolute Gasteiger partial charge is 0.504 e. The highest BCUT2D eigenvalue weighted by Crippen LogP contribution is 2.52. The van der Waals surface area contributed by atoms with Crippen LogP contribution in [0, 0.1) is 11.8 Å². The normalized spacial score (nSPS) is 51.1. The maximum absolute atomic E-state index is 6.20. The van der Waals surface area contributed by atoms with Gasteiger partial charge in [-0.1, -0.05) is 12.2 Å². The third kappa shape index (κ3) is 1.80. The molecule has 0 aromatic rings. The minimum atomic E-state index is -2.43. The minimum Gasteiger partial charge on any atom is -0.372 e. The van der Waals surface area contributed by atoms with E-state index in [-0.39, 0.29) is 0 Å². The molecule has 2 aliphatic carbocycles. The summed E-state index contributed by atoms with van der Waals surface area (Å²) in [6.07, 6.45) is 7.26. The van der Waals surface area contributed by atoms with E-state index in [9.17, 15) is 0 Å². The van der Waals surface area contributed by atoms with E-state index in [1.807, 2.05) is 0 Å². The average Bonchev–Trinajstić information content (AvgIpc) is 2.88. The minimum absolute atomic E-state index is 0.525. The number of allylic oxidation sites excluding steroid dienone is 2. The van der Waals surface area contributed by atoms with Crippen molar-refractivity contribution < 1.29 is 13.3 Å². The van der Waals surface area contributed by atoms with E-state index >= 15 is 0 Å². The van der Waals surface area contributed by atoms with Gasteiger partial charge in [-0.3, -0.25) is 4.90 Å². The van der Waals surface area contributed by atoms with Crippen molar-refractivity contribution in [2.75, 3.05) is 39.5 Å². The molecule has 100 valence electrons. The van der Waals surface area contributed by atoms with Gasteiger partial charge in [0, 0.05) is 25.2 Å². The molecule has 3 saturated heterocycles. The predicted molar refractivity (Wildman–Crippen MR) is 69.2 cm³/mol. The zero-order valence-electron chi connectivity index (χ0n) is 10.7. The molecule has 0 aromatic heterocycles. The standard InChI is InChI=1S/C13H21NO3Si/c1-2-12-9-11(1)10-13(12)18-15-6-3-14(4-7-16-18)5-8-17-18/h1-2,11-13H,3-10H2. The molecule has 3 heterocycles. The van der Waals surface area contributed by atoms with Crippen LogP contribution in [0.3, 0.4) is 0 Å². The smallest absolute Gasteiger partial charge is 0.372 e. The molecule has 5 rings (SSSR count). The Morgan fingerprint density at radius 2 is 1.56 bits per heavy atom. The van der Waals surface area contributed by atoms with Gasteiger partial charge in [0.2, 0.25) is 0 Å². The zero-order chi connectivity index (χ0) is 12.0. The van der Waals surface area contributed by atoms with Crippen LogP contribution < -0.4 is 0 Å². The highest BCUT2D eigenvalue weighted by Gasteiger charge is 2.57. The number of nitrogens with zero attached hydrogens (tertiary/aromatic N) is 1. The summed E-state index contributed by atoms with van der Waals surface area (Å²) in [6, 6.07) is 0. The van der Waals surface area contributed by atoms with E-state index < -0.39 is 8.80 Å². The summed E-state index contributed by atoms with van der Waals surface area (Å²) in [5, 5.41) is 0. The Labute approximate surface area is 109 Å². The van der Waals surface area contributed by atoms with Gasteiger partial charge in [0.05, 0.1) is 19.8 Å². The lowest BCUT2D eigenvalue weighted by molar-refractivity contribution is -0.0166. The van der Waals surface area contributed by atoms with E-state index in [2.05, 4.69) is 17.1 Å². The molecule has 0 spiro atoms. The fraction of sp³-hybridized carbons (Fsp3) is 0.846. The Morgan fingerprint density at radius 3 is 2.06 bits per heavy atom. The van der Waals surface area contributed by atoms with Crippen LogP contribution in [0.4, 0.5) is 0 Å². The quantitative estimate of drug-likeness (QED) is 0.529. The van der Waals surface area contributed by atoms with E-state index in [4.69, 9.17) is 13.3 Å². The lowest BCUT2D eigenvalue weighted by Crippen LogP contribution is -2.58. The summed E-state index contributed by atoms with van der Waals surface area (Å²) in [5.74, 6) is 1.40. The van der Waals surface area contributed by atoms with E-state index in [0.29, 0.717) is 11.5 Å². The van der Waals surface area contributed by atoms with Crippen LogP contribution in [0.1, 0.15) is 12.8 Å². The van der Waals surface area contributed by atoms with Crippen LogP contribution in [0.25, 0.3) is 0 Å². The Bertz CT molecular complexity index is 336. The molecule has 4 fully saturated rings. The first-order chi connectivity index (χ1) is 8.86. The molecule has 0 N–H and O–H groups in total. The fourth-order valence-electron chi connectivity index (χ4n) is 3.92. The molecule has 5 heteroatoms. The molecule has 3 atom stereocenters. The number of hydrogen-bond donors (Lipinski definition) is 0. The Balaban J connectivity index is 1.60. The first kappa shape index (κ1) is 11.6. The molecule has 5 aliphatic rings. The van der Waals surface area contributed by atoms with Gasteiger partial charge in [-0.25, -0.2) is 0 Å². The van der Waals surface area contributed by atoms with Gasteiger partial charge in [0.25, 0.3) is 0 Å². The summed E-state index contributed by atoms with van der Waals surface area (Å²) in [5.41, 5.74) is 0.525. The maximum atomic E-state index is 6.20. The molecule has 3 aliphatic heterocycles. The van der Waals surface area contributed by atoms with E-state index in [1.54, 1.807) is 0 Å². The summed E-state index contributed by atoms with van der Waals surface area (Å²) < 4.78 is 18.6. The third-order valence-electron chi connectivity index (χ3n) is 4.87. The lowest BCUT2D eigenvalue weighted by atomic mass is 10.1. The topological polar surface area (TPSA) is 30.9 Å². The summed E-state index contributed by atoms with van der Waals surface area (Å²) in [7, 11) is -2.43. The third-order valence-corrected chi connectivity index (χ3v) is 8.26. The second kappa shape index (κ2) is 4.42. The Kier molecular flexibility index (Phi) is 2.85. The van der Waals surface area contributed by atoms with Crippen molar-refractivity contribution in [3.8, 4) is 0 Å². The highest BCUT2D eigenvalue weighted by atomic mass is 28.4. The van der Waals surface area contributed by atoms with Crippen molar-refractivity contribution in [3.63, 3.8) is 0 Å². The van der Waals surface area contributed by atoms with Crippen LogP contribution in [0.5, 0.6) is 0 Å². The molecule has 18 heavy (non-hydrogen) atoms. The Hall–Kier alpha value is -0.203. The molecular weight excluding hydrogens is 246 g/mol. The summed E-state index contributed by atoms with van der Waals surface area (Å²) in [4.78, 5) is 2.37. The summed E-state index contributed by atoms with van der Waals surface area (Å²) in [6.45, 7) is 5.46. The van der Waals surface area contributed by atoms with Crippen LogP contribution in [-0.2, 0) is 13.3 Å².